The molecular weight excluding hydrogens is 324 g/mol. The smallest absolute Gasteiger partial charge is 0.226 e. The van der Waals surface area contributed by atoms with Crippen LogP contribution in [0.5, 0.6) is 0 Å². The Morgan fingerprint density at radius 2 is 2.04 bits per heavy atom. The van der Waals surface area contributed by atoms with Crippen LogP contribution in [0.2, 0.25) is 0 Å². The van der Waals surface area contributed by atoms with Gasteiger partial charge in [0.05, 0.1) is 12.2 Å². The molecule has 0 aliphatic heterocycles. The molecule has 0 spiro atoms. The molecule has 138 valence electrons. The Morgan fingerprint density at radius 1 is 1.19 bits per heavy atom. The Morgan fingerprint density at radius 3 is 2.77 bits per heavy atom. The molecule has 2 N–H and O–H groups in total. The van der Waals surface area contributed by atoms with Gasteiger partial charge in [0.1, 0.15) is 6.26 Å². The van der Waals surface area contributed by atoms with Crippen LogP contribution >= 0.6 is 0 Å². The van der Waals surface area contributed by atoms with Crippen LogP contribution < -0.4 is 10.6 Å². The van der Waals surface area contributed by atoms with Gasteiger partial charge in [0.15, 0.2) is 5.96 Å². The molecule has 3 rings (SSSR count). The van der Waals surface area contributed by atoms with Crippen LogP contribution in [0.15, 0.2) is 51.6 Å². The fraction of sp³-hybridized carbons (Fsp3) is 0.429. The first-order valence-corrected chi connectivity index (χ1v) is 9.38. The molecule has 0 radical (unpaired) electrons. The standard InChI is InChI=1S/C21H28N4O/c1-16-8-10-18(11-9-16)20-25-19(15-26-20)14-24-21(22-2)23-13-12-17-6-4-3-5-7-17/h6,8-11,15H,3-5,7,12-14H2,1-2H3,(H2,22,23,24). The third kappa shape index (κ3) is 5.22. The third-order valence-corrected chi connectivity index (χ3v) is 4.63. The van der Waals surface area contributed by atoms with Gasteiger partial charge >= 0.3 is 0 Å². The van der Waals surface area contributed by atoms with Crippen LogP contribution in [0.1, 0.15) is 43.4 Å². The Hall–Kier alpha value is -2.56. The van der Waals surface area contributed by atoms with Crippen molar-refractivity contribution in [3.05, 3.63) is 53.4 Å². The van der Waals surface area contributed by atoms with E-state index in [9.17, 15) is 0 Å². The lowest BCUT2D eigenvalue weighted by Crippen LogP contribution is -2.37. The van der Waals surface area contributed by atoms with Crippen LogP contribution in [-0.4, -0.2) is 24.5 Å². The molecular formula is C21H28N4O. The van der Waals surface area contributed by atoms with Gasteiger partial charge in [-0.25, -0.2) is 4.98 Å². The molecule has 0 bridgehead atoms. The molecule has 1 aromatic heterocycles. The summed E-state index contributed by atoms with van der Waals surface area (Å²) in [6.07, 6.45) is 10.3. The van der Waals surface area contributed by atoms with E-state index in [1.54, 1.807) is 18.9 Å². The average molecular weight is 352 g/mol. The minimum Gasteiger partial charge on any atom is -0.444 e. The summed E-state index contributed by atoms with van der Waals surface area (Å²) in [4.78, 5) is 8.83. The van der Waals surface area contributed by atoms with Gasteiger partial charge in [-0.2, -0.15) is 0 Å². The van der Waals surface area contributed by atoms with E-state index in [1.807, 2.05) is 12.1 Å². The highest BCUT2D eigenvalue weighted by Gasteiger charge is 2.08. The number of allylic oxidation sites excluding steroid dienone is 1. The SMILES string of the molecule is CN=C(NCCC1=CCCCC1)NCc1coc(-c2ccc(C)cc2)n1. The fourth-order valence-electron chi connectivity index (χ4n) is 3.08. The number of aryl methyl sites for hydroxylation is 1. The lowest BCUT2D eigenvalue weighted by atomic mass is 9.97. The number of rotatable bonds is 6. The van der Waals surface area contributed by atoms with Gasteiger partial charge in [-0.05, 0) is 51.2 Å². The molecule has 1 aromatic carbocycles. The zero-order chi connectivity index (χ0) is 18.2. The van der Waals surface area contributed by atoms with E-state index in [0.717, 1.165) is 30.2 Å². The quantitative estimate of drug-likeness (QED) is 0.464. The van der Waals surface area contributed by atoms with Gasteiger partial charge in [-0.1, -0.05) is 29.3 Å². The van der Waals surface area contributed by atoms with E-state index in [2.05, 4.69) is 45.7 Å². The van der Waals surface area contributed by atoms with E-state index in [0.29, 0.717) is 12.4 Å². The Bertz CT molecular complexity index is 759. The Kier molecular flexibility index (Phi) is 6.47. The van der Waals surface area contributed by atoms with Gasteiger partial charge in [-0.15, -0.1) is 0 Å². The number of nitrogens with zero attached hydrogens (tertiary/aromatic N) is 2. The molecule has 1 heterocycles. The fourth-order valence-corrected chi connectivity index (χ4v) is 3.08. The van der Waals surface area contributed by atoms with Crippen molar-refractivity contribution in [2.45, 2.75) is 45.6 Å². The second kappa shape index (κ2) is 9.22. The number of aromatic nitrogens is 1. The summed E-state index contributed by atoms with van der Waals surface area (Å²) in [5.74, 6) is 1.44. The molecule has 0 saturated carbocycles. The summed E-state index contributed by atoms with van der Waals surface area (Å²) >= 11 is 0. The van der Waals surface area contributed by atoms with Crippen LogP contribution in [0.25, 0.3) is 11.5 Å². The highest BCUT2D eigenvalue weighted by molar-refractivity contribution is 5.79. The number of hydrogen-bond acceptors (Lipinski definition) is 3. The van der Waals surface area contributed by atoms with Crippen LogP contribution in [0, 0.1) is 6.92 Å². The van der Waals surface area contributed by atoms with Crippen LogP contribution in [0.3, 0.4) is 0 Å². The number of benzene rings is 1. The summed E-state index contributed by atoms with van der Waals surface area (Å²) in [6.45, 7) is 3.55. The molecule has 1 aliphatic carbocycles. The van der Waals surface area contributed by atoms with E-state index >= 15 is 0 Å². The predicted octanol–water partition coefficient (Wildman–Crippen LogP) is 4.21. The molecule has 1 aliphatic rings. The second-order valence-corrected chi connectivity index (χ2v) is 6.72. The summed E-state index contributed by atoms with van der Waals surface area (Å²) in [5.41, 5.74) is 4.64. The highest BCUT2D eigenvalue weighted by Crippen LogP contribution is 2.20. The summed E-state index contributed by atoms with van der Waals surface area (Å²) < 4.78 is 5.60. The van der Waals surface area contributed by atoms with Crippen molar-refractivity contribution < 1.29 is 4.42 Å². The minimum absolute atomic E-state index is 0.581. The van der Waals surface area contributed by atoms with Gasteiger partial charge in [0.2, 0.25) is 5.89 Å². The molecule has 0 fully saturated rings. The summed E-state index contributed by atoms with van der Waals surface area (Å²) in [6, 6.07) is 8.17. The van der Waals surface area contributed by atoms with Gasteiger partial charge in [-0.3, -0.25) is 4.99 Å². The largest absolute Gasteiger partial charge is 0.444 e. The summed E-state index contributed by atoms with van der Waals surface area (Å²) in [5, 5.41) is 6.67. The monoisotopic (exact) mass is 352 g/mol. The van der Waals surface area contributed by atoms with Crippen molar-refractivity contribution in [2.24, 2.45) is 4.99 Å². The van der Waals surface area contributed by atoms with E-state index < -0.39 is 0 Å². The molecule has 2 aromatic rings. The first-order valence-electron chi connectivity index (χ1n) is 9.38. The lowest BCUT2D eigenvalue weighted by molar-refractivity contribution is 0.572. The maximum Gasteiger partial charge on any atom is 0.226 e. The molecule has 0 amide bonds. The van der Waals surface area contributed by atoms with Crippen molar-refractivity contribution in [2.75, 3.05) is 13.6 Å². The van der Waals surface area contributed by atoms with E-state index in [-0.39, 0.29) is 0 Å². The summed E-state index contributed by atoms with van der Waals surface area (Å²) in [7, 11) is 1.79. The van der Waals surface area contributed by atoms with Crippen molar-refractivity contribution in [3.63, 3.8) is 0 Å². The topological polar surface area (TPSA) is 62.5 Å². The molecule has 0 unspecified atom stereocenters. The minimum atomic E-state index is 0.581. The van der Waals surface area contributed by atoms with Gasteiger partial charge < -0.3 is 15.1 Å². The molecule has 5 nitrogen and oxygen atoms in total. The molecule has 5 heteroatoms. The zero-order valence-electron chi connectivity index (χ0n) is 15.7. The molecule has 0 atom stereocenters. The van der Waals surface area contributed by atoms with Crippen molar-refractivity contribution in [1.82, 2.24) is 15.6 Å². The number of aliphatic imine (C=N–C) groups is 1. The van der Waals surface area contributed by atoms with Crippen LogP contribution in [0.4, 0.5) is 0 Å². The highest BCUT2D eigenvalue weighted by atomic mass is 16.3. The van der Waals surface area contributed by atoms with E-state index in [1.165, 1.54) is 31.2 Å². The molecule has 0 saturated heterocycles. The van der Waals surface area contributed by atoms with Crippen LogP contribution in [-0.2, 0) is 6.54 Å². The van der Waals surface area contributed by atoms with Gasteiger partial charge in [0.25, 0.3) is 0 Å². The van der Waals surface area contributed by atoms with Crippen molar-refractivity contribution >= 4 is 5.96 Å². The Balaban J connectivity index is 1.46. The normalized spacial score (nSPS) is 14.8. The third-order valence-electron chi connectivity index (χ3n) is 4.63. The maximum atomic E-state index is 5.60. The number of guanidine groups is 1. The van der Waals surface area contributed by atoms with E-state index in [4.69, 9.17) is 4.42 Å². The average Bonchev–Trinajstić information content (AvgIpc) is 3.15. The second-order valence-electron chi connectivity index (χ2n) is 6.72. The van der Waals surface area contributed by atoms with Gasteiger partial charge in [0, 0.05) is 19.2 Å². The predicted molar refractivity (Wildman–Crippen MR) is 106 cm³/mol. The lowest BCUT2D eigenvalue weighted by Gasteiger charge is -2.14. The molecule has 26 heavy (non-hydrogen) atoms. The zero-order valence-corrected chi connectivity index (χ0v) is 15.7. The first-order chi connectivity index (χ1) is 12.7. The number of oxazole rings is 1. The maximum absolute atomic E-state index is 5.60. The number of hydrogen-bond donors (Lipinski definition) is 2. The Labute approximate surface area is 155 Å². The van der Waals surface area contributed by atoms with Crippen molar-refractivity contribution in [1.29, 1.82) is 0 Å². The first kappa shape index (κ1) is 18.2. The number of nitrogens with one attached hydrogen (secondary N) is 2. The van der Waals surface area contributed by atoms with Crippen molar-refractivity contribution in [3.8, 4) is 11.5 Å².